The Morgan fingerprint density at radius 3 is 1.32 bits per heavy atom. The summed E-state index contributed by atoms with van der Waals surface area (Å²) in [7, 11) is 0. The van der Waals surface area contributed by atoms with Crippen LogP contribution in [-0.4, -0.2) is 18.3 Å². The summed E-state index contributed by atoms with van der Waals surface area (Å²) < 4.78 is 31.0. The van der Waals surface area contributed by atoms with Crippen molar-refractivity contribution >= 4 is 23.2 Å². The predicted molar refractivity (Wildman–Crippen MR) is 174 cm³/mol. The van der Waals surface area contributed by atoms with Crippen molar-refractivity contribution in [3.05, 3.63) is 136 Å². The van der Waals surface area contributed by atoms with Crippen molar-refractivity contribution in [3.63, 3.8) is 0 Å². The van der Waals surface area contributed by atoms with Crippen molar-refractivity contribution in [2.45, 2.75) is 79.6 Å². The maximum Gasteiger partial charge on any atom is 0.253 e. The zero-order valence-electron chi connectivity index (χ0n) is 26.2. The van der Waals surface area contributed by atoms with E-state index in [0.29, 0.717) is 10.0 Å². The quantitative estimate of drug-likeness (QED) is 0.231. The maximum atomic E-state index is 12.5. The molecule has 4 rings (SSSR count). The fraction of sp³-hybridized carbons (Fsp3) is 0.375. The Morgan fingerprint density at radius 2 is 0.909 bits per heavy atom. The molecule has 0 aliphatic heterocycles. The highest BCUT2D eigenvalue weighted by molar-refractivity contribution is 6.30. The van der Waals surface area contributed by atoms with E-state index in [0.717, 1.165) is 6.07 Å². The molecule has 0 saturated heterocycles. The Kier molecular flexibility index (Phi) is 15.8. The molecule has 0 aliphatic rings. The van der Waals surface area contributed by atoms with Gasteiger partial charge in [0, 0.05) is 78.2 Å². The molecule has 4 heterocycles. The lowest BCUT2D eigenvalue weighted by molar-refractivity contribution is 0.537. The zero-order valence-corrected chi connectivity index (χ0v) is 27.7. The molecule has 0 saturated carbocycles. The minimum Gasteiger partial charge on any atom is -0.313 e. The molecule has 0 amide bonds. The third-order valence-electron chi connectivity index (χ3n) is 5.85. The number of hydrogen-bond acceptors (Lipinski definition) is 4. The van der Waals surface area contributed by atoms with Gasteiger partial charge in [0.2, 0.25) is 0 Å². The molecule has 0 fully saturated rings. The van der Waals surface area contributed by atoms with Gasteiger partial charge < -0.3 is 18.3 Å². The Balaban J connectivity index is 0.000000293. The van der Waals surface area contributed by atoms with Crippen molar-refractivity contribution < 1.29 is 8.78 Å². The molecule has 0 unspecified atom stereocenters. The van der Waals surface area contributed by atoms with Gasteiger partial charge in [0.25, 0.3) is 22.2 Å². The summed E-state index contributed by atoms with van der Waals surface area (Å²) in [6.07, 6.45) is 6.03. The Labute approximate surface area is 265 Å². The van der Waals surface area contributed by atoms with Crippen molar-refractivity contribution in [3.8, 4) is 0 Å². The first kappa shape index (κ1) is 38.3. The van der Waals surface area contributed by atoms with Gasteiger partial charge in [0.1, 0.15) is 11.6 Å². The molecule has 8 nitrogen and oxygen atoms in total. The van der Waals surface area contributed by atoms with Gasteiger partial charge in [0.05, 0.1) is 5.02 Å². The highest BCUT2D eigenvalue weighted by Gasteiger charge is 2.02. The largest absolute Gasteiger partial charge is 0.313 e. The Morgan fingerprint density at radius 1 is 0.477 bits per heavy atom. The first-order valence-electron chi connectivity index (χ1n) is 13.9. The third kappa shape index (κ3) is 12.9. The summed E-state index contributed by atoms with van der Waals surface area (Å²) in [4.78, 5) is 44.3. The number of hydrogen-bond donors (Lipinski definition) is 0. The normalized spacial score (nSPS) is 10.5. The zero-order chi connectivity index (χ0) is 33.7. The van der Waals surface area contributed by atoms with Crippen molar-refractivity contribution in [2.24, 2.45) is 0 Å². The lowest BCUT2D eigenvalue weighted by atomic mass is 10.3. The van der Waals surface area contributed by atoms with Gasteiger partial charge in [-0.15, -0.1) is 0 Å². The molecule has 0 radical (unpaired) electrons. The number of rotatable bonds is 4. The van der Waals surface area contributed by atoms with Crippen LogP contribution < -0.4 is 22.2 Å². The second-order valence-electron chi connectivity index (χ2n) is 10.7. The van der Waals surface area contributed by atoms with Crippen LogP contribution in [0.2, 0.25) is 10.0 Å². The summed E-state index contributed by atoms with van der Waals surface area (Å²) in [6.45, 7) is 15.2. The third-order valence-corrected chi connectivity index (χ3v) is 6.31. The molecule has 240 valence electrons. The van der Waals surface area contributed by atoms with Crippen LogP contribution in [0, 0.1) is 11.6 Å². The maximum absolute atomic E-state index is 12.5. The van der Waals surface area contributed by atoms with E-state index >= 15 is 0 Å². The van der Waals surface area contributed by atoms with E-state index in [1.54, 1.807) is 33.7 Å². The average molecular weight is 654 g/mol. The topological polar surface area (TPSA) is 88.0 Å². The van der Waals surface area contributed by atoms with Gasteiger partial charge in [-0.1, -0.05) is 23.2 Å². The summed E-state index contributed by atoms with van der Waals surface area (Å²) >= 11 is 11.3. The van der Waals surface area contributed by atoms with E-state index in [2.05, 4.69) is 0 Å². The minimum absolute atomic E-state index is 0.00981. The Hall–Kier alpha value is -3.76. The average Bonchev–Trinajstić information content (AvgIpc) is 2.91. The molecule has 0 spiro atoms. The van der Waals surface area contributed by atoms with Crippen LogP contribution in [0.1, 0.15) is 79.6 Å². The predicted octanol–water partition coefficient (Wildman–Crippen LogP) is 7.30. The summed E-state index contributed by atoms with van der Waals surface area (Å²) in [5, 5.41) is 1.09. The van der Waals surface area contributed by atoms with E-state index < -0.39 is 5.82 Å². The SMILES string of the molecule is CC(C)n1cc(Cl)ccc1=O.CC(C)n1cc(F)ccc1=O.CC(C)n1ccc(Cl)cc1=O.CC(C)n1ccc(F)cc1=O. The highest BCUT2D eigenvalue weighted by atomic mass is 35.5. The summed E-state index contributed by atoms with van der Waals surface area (Å²) in [5.74, 6) is -0.856. The molecule has 0 aromatic carbocycles. The molecule has 4 aromatic heterocycles. The second kappa shape index (κ2) is 18.1. The highest BCUT2D eigenvalue weighted by Crippen LogP contribution is 2.07. The van der Waals surface area contributed by atoms with Crippen molar-refractivity contribution in [1.82, 2.24) is 18.3 Å². The van der Waals surface area contributed by atoms with Crippen molar-refractivity contribution in [2.75, 3.05) is 0 Å². The van der Waals surface area contributed by atoms with Crippen LogP contribution in [0.4, 0.5) is 8.78 Å². The molecular weight excluding hydrogens is 613 g/mol. The van der Waals surface area contributed by atoms with Gasteiger partial charge in [-0.2, -0.15) is 0 Å². The lowest BCUT2D eigenvalue weighted by Gasteiger charge is -2.08. The standard InChI is InChI=1S/2C8H10ClNO.2C8H10FNO/c1-6(2)10-4-3-7(9)5-8(10)11;1-6(2)10-5-7(9)3-4-8(10)11;1-6(2)10-4-3-7(9)5-8(10)11;1-6(2)10-5-7(9)3-4-8(10)11/h4*3-6H,1-2H3. The smallest absolute Gasteiger partial charge is 0.253 e. The summed E-state index contributed by atoms with van der Waals surface area (Å²) in [5.41, 5.74) is -0.515. The fourth-order valence-corrected chi connectivity index (χ4v) is 3.86. The second-order valence-corrected chi connectivity index (χ2v) is 11.6. The molecular formula is C32H40Cl2F2N4O4. The molecule has 4 aromatic rings. The molecule has 44 heavy (non-hydrogen) atoms. The van der Waals surface area contributed by atoms with E-state index in [1.165, 1.54) is 51.9 Å². The van der Waals surface area contributed by atoms with Gasteiger partial charge in [0.15, 0.2) is 0 Å². The van der Waals surface area contributed by atoms with Gasteiger partial charge in [-0.25, -0.2) is 8.78 Å². The van der Waals surface area contributed by atoms with Crippen LogP contribution in [0.5, 0.6) is 0 Å². The molecule has 0 bridgehead atoms. The number of pyridine rings is 4. The van der Waals surface area contributed by atoms with Crippen LogP contribution >= 0.6 is 23.2 Å². The number of aromatic nitrogens is 4. The van der Waals surface area contributed by atoms with Crippen molar-refractivity contribution in [1.29, 1.82) is 0 Å². The monoisotopic (exact) mass is 652 g/mol. The molecule has 0 N–H and O–H groups in total. The van der Waals surface area contributed by atoms with Gasteiger partial charge in [-0.3, -0.25) is 19.2 Å². The van der Waals surface area contributed by atoms with E-state index in [1.807, 2.05) is 55.4 Å². The van der Waals surface area contributed by atoms with Crippen LogP contribution in [-0.2, 0) is 0 Å². The minimum atomic E-state index is -0.480. The first-order valence-corrected chi connectivity index (χ1v) is 14.7. The lowest BCUT2D eigenvalue weighted by Crippen LogP contribution is -2.20. The van der Waals surface area contributed by atoms with Crippen LogP contribution in [0.25, 0.3) is 0 Å². The van der Waals surface area contributed by atoms with E-state index in [-0.39, 0.29) is 52.2 Å². The number of halogens is 4. The number of nitrogens with zero attached hydrogens (tertiary/aromatic N) is 4. The summed E-state index contributed by atoms with van der Waals surface area (Å²) in [6, 6.07) is 11.3. The van der Waals surface area contributed by atoms with E-state index in [4.69, 9.17) is 23.2 Å². The Bertz CT molecular complexity index is 1600. The molecule has 0 atom stereocenters. The molecule has 12 heteroatoms. The van der Waals surface area contributed by atoms with Crippen LogP contribution in [0.3, 0.4) is 0 Å². The molecule has 0 aliphatic carbocycles. The first-order chi connectivity index (χ1) is 20.4. The van der Waals surface area contributed by atoms with E-state index in [9.17, 15) is 28.0 Å². The van der Waals surface area contributed by atoms with Gasteiger partial charge >= 0.3 is 0 Å². The fourth-order valence-electron chi connectivity index (χ4n) is 3.54. The van der Waals surface area contributed by atoms with Crippen LogP contribution in [0.15, 0.2) is 92.5 Å². The van der Waals surface area contributed by atoms with Gasteiger partial charge in [-0.05, 0) is 79.7 Å².